The summed E-state index contributed by atoms with van der Waals surface area (Å²) in [6, 6.07) is 0. The molecule has 6 heteroatoms. The summed E-state index contributed by atoms with van der Waals surface area (Å²) in [5.41, 5.74) is 1.22. The van der Waals surface area contributed by atoms with Crippen molar-refractivity contribution in [3.8, 4) is 5.88 Å². The van der Waals surface area contributed by atoms with Crippen molar-refractivity contribution in [1.82, 2.24) is 14.9 Å². The van der Waals surface area contributed by atoms with Crippen molar-refractivity contribution in [2.75, 3.05) is 7.05 Å². The van der Waals surface area contributed by atoms with E-state index in [1.807, 2.05) is 0 Å². The molecule has 1 aliphatic rings. The van der Waals surface area contributed by atoms with Crippen LogP contribution in [-0.4, -0.2) is 38.7 Å². The summed E-state index contributed by atoms with van der Waals surface area (Å²) in [4.78, 5) is 15.7. The number of imidazole rings is 1. The van der Waals surface area contributed by atoms with Gasteiger partial charge in [-0.05, 0) is 25.6 Å². The van der Waals surface area contributed by atoms with Gasteiger partial charge in [0.15, 0.2) is 0 Å². The largest absolute Gasteiger partial charge is 0.493 e. The molecule has 6 nitrogen and oxygen atoms in total. The molecule has 3 N–H and O–H groups in total. The van der Waals surface area contributed by atoms with Crippen molar-refractivity contribution in [1.29, 1.82) is 0 Å². The molecule has 1 aromatic heterocycles. The van der Waals surface area contributed by atoms with Gasteiger partial charge in [0.25, 0.3) is 0 Å². The summed E-state index contributed by atoms with van der Waals surface area (Å²) in [5, 5.41) is 22.6. The first-order valence-corrected chi connectivity index (χ1v) is 6.70. The summed E-state index contributed by atoms with van der Waals surface area (Å²) in [5.74, 6) is 0.511. The average Bonchev–Trinajstić information content (AvgIpc) is 2.70. The van der Waals surface area contributed by atoms with Crippen LogP contribution in [0.2, 0.25) is 0 Å². The van der Waals surface area contributed by atoms with Gasteiger partial charge >= 0.3 is 0 Å². The molecule has 0 fully saturated rings. The topological polar surface area (TPSA) is 87.4 Å². The molecule has 0 bridgehead atoms. The van der Waals surface area contributed by atoms with Crippen LogP contribution in [0.4, 0.5) is 0 Å². The summed E-state index contributed by atoms with van der Waals surface area (Å²) < 4.78 is 1.50. The van der Waals surface area contributed by atoms with Gasteiger partial charge in [0.2, 0.25) is 5.88 Å². The number of aromatic nitrogens is 2. The van der Waals surface area contributed by atoms with Gasteiger partial charge in [-0.15, -0.1) is 0 Å². The van der Waals surface area contributed by atoms with Crippen LogP contribution in [0.5, 0.6) is 5.88 Å². The Labute approximate surface area is 123 Å². The van der Waals surface area contributed by atoms with Crippen molar-refractivity contribution in [2.24, 2.45) is 0 Å². The zero-order chi connectivity index (χ0) is 15.4. The Morgan fingerprint density at radius 1 is 1.48 bits per heavy atom. The zero-order valence-corrected chi connectivity index (χ0v) is 12.1. The van der Waals surface area contributed by atoms with Crippen molar-refractivity contribution in [2.45, 2.75) is 26.1 Å². The normalized spacial score (nSPS) is 17.3. The highest BCUT2D eigenvalue weighted by molar-refractivity contribution is 5.76. The Morgan fingerprint density at radius 3 is 2.71 bits per heavy atom. The molecule has 0 saturated carbocycles. The number of Topliss-reactive ketones (excluding diaryl/α,β-unsaturated/α-hetero) is 1. The zero-order valence-electron chi connectivity index (χ0n) is 12.1. The van der Waals surface area contributed by atoms with E-state index in [2.05, 4.69) is 10.3 Å². The molecule has 0 aromatic carbocycles. The standard InChI is InChI=1S/C15H19N3O3/c1-10(19)9-18-14(8-16-2)17-13(15(18)21)7-11-3-5-12(20)6-4-11/h3-7,12,16,20-21H,8-9H2,1-2H3. The SMILES string of the molecule is CNCc1nc(C=C2C=CC(O)C=C2)c(O)n1CC(C)=O. The fraction of sp³-hybridized carbons (Fsp3) is 0.333. The molecule has 1 aliphatic carbocycles. The number of carbonyl (C=O) groups excluding carboxylic acids is 1. The number of carbonyl (C=O) groups is 1. The minimum absolute atomic E-state index is 0.0316. The van der Waals surface area contributed by atoms with Crippen LogP contribution in [-0.2, 0) is 17.9 Å². The molecule has 0 radical (unpaired) electrons. The number of nitrogens with one attached hydrogen (secondary N) is 1. The van der Waals surface area contributed by atoms with Crippen LogP contribution in [0.15, 0.2) is 29.9 Å². The second-order valence-electron chi connectivity index (χ2n) is 4.91. The fourth-order valence-corrected chi connectivity index (χ4v) is 2.08. The Kier molecular flexibility index (Phi) is 4.72. The van der Waals surface area contributed by atoms with E-state index < -0.39 is 6.10 Å². The number of aromatic hydroxyl groups is 1. The van der Waals surface area contributed by atoms with Gasteiger partial charge in [0.05, 0.1) is 19.2 Å². The molecule has 0 saturated heterocycles. The fourth-order valence-electron chi connectivity index (χ4n) is 2.08. The Balaban J connectivity index is 2.36. The van der Waals surface area contributed by atoms with Gasteiger partial charge in [-0.2, -0.15) is 0 Å². The van der Waals surface area contributed by atoms with Gasteiger partial charge in [-0.1, -0.05) is 24.3 Å². The first-order chi connectivity index (χ1) is 10.0. The third kappa shape index (κ3) is 3.68. The van der Waals surface area contributed by atoms with Gasteiger partial charge in [-0.3, -0.25) is 9.36 Å². The smallest absolute Gasteiger partial charge is 0.219 e. The minimum atomic E-state index is -0.578. The van der Waals surface area contributed by atoms with Crippen LogP contribution in [0.3, 0.4) is 0 Å². The minimum Gasteiger partial charge on any atom is -0.493 e. The number of ketones is 1. The molecule has 2 rings (SSSR count). The van der Waals surface area contributed by atoms with Crippen molar-refractivity contribution in [3.63, 3.8) is 0 Å². The monoisotopic (exact) mass is 289 g/mol. The number of allylic oxidation sites excluding steroid dienone is 3. The van der Waals surface area contributed by atoms with E-state index in [0.29, 0.717) is 18.1 Å². The second kappa shape index (κ2) is 6.51. The summed E-state index contributed by atoms with van der Waals surface area (Å²) >= 11 is 0. The third-order valence-corrected chi connectivity index (χ3v) is 3.04. The predicted octanol–water partition coefficient (Wildman–Crippen LogP) is 0.767. The number of hydrogen-bond acceptors (Lipinski definition) is 5. The molecule has 1 heterocycles. The Bertz CT molecular complexity index is 610. The molecule has 0 spiro atoms. The van der Waals surface area contributed by atoms with E-state index in [1.54, 1.807) is 37.4 Å². The van der Waals surface area contributed by atoms with Gasteiger partial charge in [0.1, 0.15) is 17.3 Å². The average molecular weight is 289 g/mol. The highest BCUT2D eigenvalue weighted by Gasteiger charge is 2.16. The van der Waals surface area contributed by atoms with Crippen LogP contribution < -0.4 is 5.32 Å². The van der Waals surface area contributed by atoms with Crippen LogP contribution in [0.25, 0.3) is 6.08 Å². The van der Waals surface area contributed by atoms with Gasteiger partial charge in [0, 0.05) is 0 Å². The second-order valence-corrected chi connectivity index (χ2v) is 4.91. The third-order valence-electron chi connectivity index (χ3n) is 3.04. The number of nitrogens with zero attached hydrogens (tertiary/aromatic N) is 2. The molecule has 0 aliphatic heterocycles. The quantitative estimate of drug-likeness (QED) is 0.745. The maximum absolute atomic E-state index is 11.3. The summed E-state index contributed by atoms with van der Waals surface area (Å²) in [6.45, 7) is 2.01. The molecule has 112 valence electrons. The maximum atomic E-state index is 11.3. The van der Waals surface area contributed by atoms with Crippen LogP contribution in [0, 0.1) is 0 Å². The molecule has 0 amide bonds. The molecular weight excluding hydrogens is 270 g/mol. The Morgan fingerprint density at radius 2 is 2.14 bits per heavy atom. The lowest BCUT2D eigenvalue weighted by atomic mass is 10.1. The van der Waals surface area contributed by atoms with Gasteiger partial charge in [-0.25, -0.2) is 4.98 Å². The lowest BCUT2D eigenvalue weighted by molar-refractivity contribution is -0.117. The highest BCUT2D eigenvalue weighted by Crippen LogP contribution is 2.23. The Hall–Kier alpha value is -2.18. The van der Waals surface area contributed by atoms with E-state index in [1.165, 1.54) is 11.5 Å². The lowest BCUT2D eigenvalue weighted by Crippen LogP contribution is -2.15. The van der Waals surface area contributed by atoms with Gasteiger partial charge < -0.3 is 15.5 Å². The van der Waals surface area contributed by atoms with Crippen LogP contribution >= 0.6 is 0 Å². The van der Waals surface area contributed by atoms with E-state index >= 15 is 0 Å². The first kappa shape index (κ1) is 15.2. The number of rotatable bonds is 5. The molecule has 21 heavy (non-hydrogen) atoms. The van der Waals surface area contributed by atoms with E-state index in [4.69, 9.17) is 0 Å². The first-order valence-electron chi connectivity index (χ1n) is 6.70. The van der Waals surface area contributed by atoms with Crippen molar-refractivity contribution < 1.29 is 15.0 Å². The summed E-state index contributed by atoms with van der Waals surface area (Å²) in [7, 11) is 1.77. The van der Waals surface area contributed by atoms with E-state index in [0.717, 1.165) is 5.57 Å². The molecular formula is C15H19N3O3. The van der Waals surface area contributed by atoms with E-state index in [9.17, 15) is 15.0 Å². The molecule has 0 unspecified atom stereocenters. The molecule has 0 atom stereocenters. The maximum Gasteiger partial charge on any atom is 0.219 e. The number of hydrogen-bond donors (Lipinski definition) is 3. The number of aliphatic hydroxyl groups is 1. The lowest BCUT2D eigenvalue weighted by Gasteiger charge is -2.06. The predicted molar refractivity (Wildman–Crippen MR) is 79.6 cm³/mol. The van der Waals surface area contributed by atoms with Crippen LogP contribution in [0.1, 0.15) is 18.4 Å². The number of aliphatic hydroxyl groups excluding tert-OH is 1. The van der Waals surface area contributed by atoms with E-state index in [-0.39, 0.29) is 18.2 Å². The molecule has 1 aromatic rings. The van der Waals surface area contributed by atoms with Crippen molar-refractivity contribution in [3.05, 3.63) is 41.4 Å². The van der Waals surface area contributed by atoms with Crippen molar-refractivity contribution >= 4 is 11.9 Å². The highest BCUT2D eigenvalue weighted by atomic mass is 16.3. The summed E-state index contributed by atoms with van der Waals surface area (Å²) in [6.07, 6.45) is 7.93.